The summed E-state index contributed by atoms with van der Waals surface area (Å²) in [7, 11) is 2.22. The molecule has 1 unspecified atom stereocenters. The van der Waals surface area contributed by atoms with Crippen LogP contribution >= 0.6 is 0 Å². The van der Waals surface area contributed by atoms with Crippen molar-refractivity contribution in [1.82, 2.24) is 19.7 Å². The van der Waals surface area contributed by atoms with Crippen LogP contribution < -0.4 is 0 Å². The minimum atomic E-state index is 0.417. The van der Waals surface area contributed by atoms with E-state index in [1.54, 1.807) is 0 Å². The summed E-state index contributed by atoms with van der Waals surface area (Å²) in [6, 6.07) is 8.93. The number of aromatic nitrogens is 3. The van der Waals surface area contributed by atoms with Gasteiger partial charge in [-0.05, 0) is 56.4 Å². The lowest BCUT2D eigenvalue weighted by molar-refractivity contribution is 0.204. The normalized spacial score (nSPS) is 23.4. The maximum Gasteiger partial charge on any atom is 0.140 e. The molecule has 2 aliphatic rings. The molecule has 2 aromatic rings. The number of nitrogens with zero attached hydrogens (tertiary/aromatic N) is 4. The predicted octanol–water partition coefficient (Wildman–Crippen LogP) is 2.31. The average molecular weight is 282 g/mol. The second-order valence-corrected chi connectivity index (χ2v) is 6.45. The average Bonchev–Trinajstić information content (AvgIpc) is 2.91. The van der Waals surface area contributed by atoms with Gasteiger partial charge in [0.1, 0.15) is 12.2 Å². The van der Waals surface area contributed by atoms with E-state index >= 15 is 0 Å². The van der Waals surface area contributed by atoms with Crippen molar-refractivity contribution in [3.05, 3.63) is 47.5 Å². The third-order valence-corrected chi connectivity index (χ3v) is 5.17. The first-order chi connectivity index (χ1) is 10.3. The Morgan fingerprint density at radius 1 is 1.10 bits per heavy atom. The first-order valence-corrected chi connectivity index (χ1v) is 7.97. The summed E-state index contributed by atoms with van der Waals surface area (Å²) in [5.74, 6) is 2.28. The fourth-order valence-corrected chi connectivity index (χ4v) is 3.95. The lowest BCUT2D eigenvalue weighted by Gasteiger charge is -2.34. The maximum absolute atomic E-state index is 4.49. The summed E-state index contributed by atoms with van der Waals surface area (Å²) in [6.07, 6.45) is 5.50. The Bertz CT molecular complexity index is 625. The maximum atomic E-state index is 4.49. The number of likely N-dealkylation sites (tertiary alicyclic amines) is 1. The van der Waals surface area contributed by atoms with E-state index in [1.807, 2.05) is 6.33 Å². The minimum absolute atomic E-state index is 0.417. The van der Waals surface area contributed by atoms with Crippen LogP contribution in [0.4, 0.5) is 0 Å². The molecule has 1 saturated heterocycles. The first-order valence-electron chi connectivity index (χ1n) is 7.97. The van der Waals surface area contributed by atoms with Gasteiger partial charge in [0.25, 0.3) is 0 Å². The van der Waals surface area contributed by atoms with Crippen molar-refractivity contribution >= 4 is 0 Å². The molecule has 0 N–H and O–H groups in total. The van der Waals surface area contributed by atoms with Crippen LogP contribution in [0.25, 0.3) is 0 Å². The molecule has 0 saturated carbocycles. The zero-order valence-corrected chi connectivity index (χ0v) is 12.6. The highest BCUT2D eigenvalue weighted by molar-refractivity contribution is 5.36. The van der Waals surface area contributed by atoms with E-state index in [0.29, 0.717) is 11.8 Å². The van der Waals surface area contributed by atoms with Crippen molar-refractivity contribution in [3.8, 4) is 0 Å². The van der Waals surface area contributed by atoms with Crippen molar-refractivity contribution in [2.45, 2.75) is 31.7 Å². The zero-order valence-electron chi connectivity index (χ0n) is 12.6. The summed E-state index contributed by atoms with van der Waals surface area (Å²) in [5.41, 5.74) is 2.98. The summed E-state index contributed by atoms with van der Waals surface area (Å²) < 4.78 is 2.27. The summed E-state index contributed by atoms with van der Waals surface area (Å²) in [4.78, 5) is 2.43. The summed E-state index contributed by atoms with van der Waals surface area (Å²) in [5, 5.41) is 8.67. The van der Waals surface area contributed by atoms with Crippen LogP contribution in [-0.4, -0.2) is 39.8 Å². The molecule has 110 valence electrons. The predicted molar refractivity (Wildman–Crippen MR) is 82.2 cm³/mol. The third-order valence-electron chi connectivity index (χ3n) is 5.17. The highest BCUT2D eigenvalue weighted by Gasteiger charge is 2.33. The van der Waals surface area contributed by atoms with E-state index in [9.17, 15) is 0 Å². The van der Waals surface area contributed by atoms with Gasteiger partial charge in [-0.1, -0.05) is 24.3 Å². The van der Waals surface area contributed by atoms with Crippen molar-refractivity contribution in [3.63, 3.8) is 0 Å². The van der Waals surface area contributed by atoms with Crippen LogP contribution in [0, 0.1) is 5.92 Å². The topological polar surface area (TPSA) is 34.0 Å². The van der Waals surface area contributed by atoms with Crippen LogP contribution in [0.2, 0.25) is 0 Å². The van der Waals surface area contributed by atoms with Crippen molar-refractivity contribution in [1.29, 1.82) is 0 Å². The van der Waals surface area contributed by atoms with E-state index in [2.05, 4.69) is 51.0 Å². The van der Waals surface area contributed by atoms with Gasteiger partial charge >= 0.3 is 0 Å². The molecule has 1 atom stereocenters. The van der Waals surface area contributed by atoms with Gasteiger partial charge in [0.15, 0.2) is 0 Å². The monoisotopic (exact) mass is 282 g/mol. The van der Waals surface area contributed by atoms with Crippen molar-refractivity contribution < 1.29 is 0 Å². The molecular formula is C17H22N4. The van der Waals surface area contributed by atoms with Gasteiger partial charge in [-0.25, -0.2) is 0 Å². The molecule has 4 nitrogen and oxygen atoms in total. The van der Waals surface area contributed by atoms with Gasteiger partial charge in [0.05, 0.1) is 0 Å². The van der Waals surface area contributed by atoms with Gasteiger partial charge in [-0.15, -0.1) is 10.2 Å². The van der Waals surface area contributed by atoms with Crippen molar-refractivity contribution in [2.24, 2.45) is 5.92 Å². The number of hydrogen-bond acceptors (Lipinski definition) is 3. The summed E-state index contributed by atoms with van der Waals surface area (Å²) in [6.45, 7) is 3.39. The first kappa shape index (κ1) is 13.0. The van der Waals surface area contributed by atoms with Crippen LogP contribution in [-0.2, 0) is 13.0 Å². The Morgan fingerprint density at radius 2 is 1.90 bits per heavy atom. The minimum Gasteiger partial charge on any atom is -0.317 e. The molecule has 0 aliphatic carbocycles. The molecule has 1 aromatic carbocycles. The molecule has 0 spiro atoms. The Labute approximate surface area is 125 Å². The van der Waals surface area contributed by atoms with E-state index in [4.69, 9.17) is 0 Å². The highest BCUT2D eigenvalue weighted by Crippen LogP contribution is 2.39. The molecule has 21 heavy (non-hydrogen) atoms. The van der Waals surface area contributed by atoms with Crippen molar-refractivity contribution in [2.75, 3.05) is 20.1 Å². The number of rotatable bonds is 1. The molecule has 3 heterocycles. The van der Waals surface area contributed by atoms with E-state index in [-0.39, 0.29) is 0 Å². The largest absolute Gasteiger partial charge is 0.317 e. The van der Waals surface area contributed by atoms with Gasteiger partial charge in [-0.2, -0.15) is 0 Å². The molecule has 1 fully saturated rings. The number of fused-ring (bicyclic) bond motifs is 2. The Morgan fingerprint density at radius 3 is 2.76 bits per heavy atom. The van der Waals surface area contributed by atoms with E-state index < -0.39 is 0 Å². The second kappa shape index (κ2) is 5.26. The van der Waals surface area contributed by atoms with Gasteiger partial charge < -0.3 is 9.47 Å². The third kappa shape index (κ3) is 2.27. The van der Waals surface area contributed by atoms with Crippen LogP contribution in [0.1, 0.15) is 35.7 Å². The highest BCUT2D eigenvalue weighted by atomic mass is 15.3. The molecule has 0 bridgehead atoms. The van der Waals surface area contributed by atoms with Gasteiger partial charge in [0, 0.05) is 12.5 Å². The smallest absolute Gasteiger partial charge is 0.140 e. The Hall–Kier alpha value is -1.68. The van der Waals surface area contributed by atoms with Crippen LogP contribution in [0.5, 0.6) is 0 Å². The molecular weight excluding hydrogens is 260 g/mol. The number of aryl methyl sites for hydroxylation is 2. The zero-order chi connectivity index (χ0) is 14.2. The molecule has 1 aromatic heterocycles. The lowest BCUT2D eigenvalue weighted by Crippen LogP contribution is -2.33. The van der Waals surface area contributed by atoms with Crippen LogP contribution in [0.15, 0.2) is 30.6 Å². The number of benzene rings is 1. The van der Waals surface area contributed by atoms with E-state index in [0.717, 1.165) is 13.0 Å². The van der Waals surface area contributed by atoms with E-state index in [1.165, 1.54) is 42.9 Å². The fraction of sp³-hybridized carbons (Fsp3) is 0.529. The lowest BCUT2D eigenvalue weighted by atomic mass is 9.78. The quantitative estimate of drug-likeness (QED) is 0.805. The Balaban J connectivity index is 1.78. The summed E-state index contributed by atoms with van der Waals surface area (Å²) >= 11 is 0. The number of piperidine rings is 1. The fourth-order valence-electron chi connectivity index (χ4n) is 3.95. The standard InChI is InChI=1S/C17H22N4/c1-20-9-6-14(7-10-20)16-15-5-3-2-4-13(15)8-11-21-12-18-19-17(16)21/h2-5,12,14,16H,6-11H2,1H3. The molecule has 2 aliphatic heterocycles. The molecule has 4 heteroatoms. The number of hydrogen-bond donors (Lipinski definition) is 0. The second-order valence-electron chi connectivity index (χ2n) is 6.45. The van der Waals surface area contributed by atoms with Gasteiger partial charge in [0.2, 0.25) is 0 Å². The Kier molecular flexibility index (Phi) is 3.26. The van der Waals surface area contributed by atoms with Crippen LogP contribution in [0.3, 0.4) is 0 Å². The van der Waals surface area contributed by atoms with Gasteiger partial charge in [-0.3, -0.25) is 0 Å². The molecule has 4 rings (SSSR count). The molecule has 0 amide bonds. The SMILES string of the molecule is CN1CCC(C2c3ccccc3CCn3cnnc32)CC1. The molecule has 0 radical (unpaired) electrons.